The number of pyridine rings is 1. The molecule has 2 N–H and O–H groups in total. The Morgan fingerprint density at radius 1 is 1.06 bits per heavy atom. The molecule has 2 aromatic carbocycles. The van der Waals surface area contributed by atoms with Gasteiger partial charge in [-0.1, -0.05) is 17.8 Å². The van der Waals surface area contributed by atoms with E-state index in [2.05, 4.69) is 32.3 Å². The number of benzene rings is 2. The maximum atomic E-state index is 12.9. The van der Waals surface area contributed by atoms with E-state index in [1.807, 2.05) is 24.3 Å². The van der Waals surface area contributed by atoms with Crippen LogP contribution in [0.1, 0.15) is 13.8 Å². The molecule has 0 unspecified atom stereocenters. The second-order valence-electron chi connectivity index (χ2n) is 7.29. The maximum Gasteiger partial charge on any atom is 0.323 e. The zero-order valence-corrected chi connectivity index (χ0v) is 21.0. The summed E-state index contributed by atoms with van der Waals surface area (Å²) in [7, 11) is -4.10. The van der Waals surface area contributed by atoms with Crippen molar-refractivity contribution in [2.75, 3.05) is 0 Å². The molecule has 0 saturated heterocycles. The van der Waals surface area contributed by atoms with Crippen LogP contribution in [0.25, 0.3) is 0 Å². The van der Waals surface area contributed by atoms with Crippen molar-refractivity contribution in [3.05, 3.63) is 76.5 Å². The highest BCUT2D eigenvalue weighted by molar-refractivity contribution is 14.1. The van der Waals surface area contributed by atoms with Crippen LogP contribution in [0.5, 0.6) is 11.5 Å². The zero-order chi connectivity index (χ0) is 23.4. The van der Waals surface area contributed by atoms with Gasteiger partial charge in [-0.05, 0) is 97.1 Å². The van der Waals surface area contributed by atoms with Crippen molar-refractivity contribution >= 4 is 50.3 Å². The summed E-state index contributed by atoms with van der Waals surface area (Å²) in [5.41, 5.74) is 0. The highest BCUT2D eigenvalue weighted by Gasteiger charge is 2.40. The fourth-order valence-electron chi connectivity index (χ4n) is 2.77. The van der Waals surface area contributed by atoms with Crippen LogP contribution in [0.4, 0.5) is 0 Å². The first kappa shape index (κ1) is 24.5. The van der Waals surface area contributed by atoms with Crippen molar-refractivity contribution in [3.8, 4) is 11.5 Å². The summed E-state index contributed by atoms with van der Waals surface area (Å²) in [5.74, 6) is -0.190. The van der Waals surface area contributed by atoms with Crippen molar-refractivity contribution < 1.29 is 23.1 Å². The van der Waals surface area contributed by atoms with Crippen LogP contribution >= 0.6 is 34.4 Å². The summed E-state index contributed by atoms with van der Waals surface area (Å²) in [6, 6.07) is 17.1. The van der Waals surface area contributed by atoms with Gasteiger partial charge in [-0.25, -0.2) is 13.4 Å². The highest BCUT2D eigenvalue weighted by atomic mass is 127. The van der Waals surface area contributed by atoms with Crippen LogP contribution in [0, 0.1) is 3.57 Å². The fraction of sp³-hybridized carbons (Fsp3) is 0.182. The van der Waals surface area contributed by atoms with Gasteiger partial charge in [-0.15, -0.1) is 0 Å². The molecule has 1 atom stereocenters. The van der Waals surface area contributed by atoms with Gasteiger partial charge in [0, 0.05) is 14.5 Å². The van der Waals surface area contributed by atoms with Crippen LogP contribution in [0.3, 0.4) is 0 Å². The number of nitrogens with zero attached hydrogens (tertiary/aromatic N) is 1. The number of rotatable bonds is 9. The molecule has 7 nitrogen and oxygen atoms in total. The Morgan fingerprint density at radius 2 is 1.66 bits per heavy atom. The molecular formula is C22H21IN2O5S2. The third-order valence-corrected chi connectivity index (χ3v) is 7.77. The number of halogens is 1. The maximum absolute atomic E-state index is 12.9. The van der Waals surface area contributed by atoms with E-state index in [1.54, 1.807) is 38.2 Å². The quantitative estimate of drug-likeness (QED) is 0.276. The lowest BCUT2D eigenvalue weighted by Crippen LogP contribution is -2.52. The predicted octanol–water partition coefficient (Wildman–Crippen LogP) is 4.78. The van der Waals surface area contributed by atoms with Gasteiger partial charge >= 0.3 is 5.97 Å². The Bertz CT molecular complexity index is 1170. The molecule has 32 heavy (non-hydrogen) atoms. The van der Waals surface area contributed by atoms with E-state index < -0.39 is 26.8 Å². The van der Waals surface area contributed by atoms with E-state index in [9.17, 15) is 18.3 Å². The Morgan fingerprint density at radius 3 is 2.19 bits per heavy atom. The van der Waals surface area contributed by atoms with Gasteiger partial charge in [0.1, 0.15) is 17.5 Å². The van der Waals surface area contributed by atoms with Gasteiger partial charge in [0.25, 0.3) is 0 Å². The van der Waals surface area contributed by atoms with Gasteiger partial charge in [-0.2, -0.15) is 4.72 Å². The Labute approximate surface area is 204 Å². The zero-order valence-electron chi connectivity index (χ0n) is 17.2. The number of carboxylic acids is 1. The number of hydrogen-bond donors (Lipinski definition) is 2. The summed E-state index contributed by atoms with van der Waals surface area (Å²) in [6.07, 6.45) is 1.60. The van der Waals surface area contributed by atoms with Gasteiger partial charge < -0.3 is 9.84 Å². The Kier molecular flexibility index (Phi) is 7.80. The minimum absolute atomic E-state index is 0.0580. The largest absolute Gasteiger partial charge is 0.480 e. The Balaban J connectivity index is 1.76. The number of ether oxygens (including phenoxy) is 1. The molecule has 0 amide bonds. The standard InChI is InChI=1S/C22H21IN2O5S2/c1-22(2,31-19-5-3-4-14-24-19)20(21(26)27)25-32(28,29)18-12-10-17(11-13-18)30-16-8-6-15(23)7-9-16/h3-14,20,25H,1-2H3,(H,26,27)/t20-/m1/s1. The summed E-state index contributed by atoms with van der Waals surface area (Å²) in [5, 5.41) is 10.3. The third kappa shape index (κ3) is 6.44. The molecule has 10 heteroatoms. The van der Waals surface area contributed by atoms with E-state index in [0.717, 1.165) is 3.57 Å². The molecule has 0 fully saturated rings. The van der Waals surface area contributed by atoms with E-state index in [1.165, 1.54) is 36.0 Å². The lowest BCUT2D eigenvalue weighted by Gasteiger charge is -2.30. The molecule has 0 saturated carbocycles. The van der Waals surface area contributed by atoms with Crippen molar-refractivity contribution in [1.82, 2.24) is 9.71 Å². The minimum Gasteiger partial charge on any atom is -0.480 e. The molecular weight excluding hydrogens is 563 g/mol. The molecule has 0 aliphatic rings. The number of hydrogen-bond acceptors (Lipinski definition) is 6. The highest BCUT2D eigenvalue weighted by Crippen LogP contribution is 2.35. The lowest BCUT2D eigenvalue weighted by atomic mass is 10.1. The molecule has 1 heterocycles. The summed E-state index contributed by atoms with van der Waals surface area (Å²) < 4.78 is 33.9. The average Bonchev–Trinajstić information content (AvgIpc) is 2.74. The molecule has 3 aromatic rings. The van der Waals surface area contributed by atoms with E-state index in [0.29, 0.717) is 16.5 Å². The van der Waals surface area contributed by atoms with Gasteiger partial charge in [0.15, 0.2) is 0 Å². The van der Waals surface area contributed by atoms with E-state index in [-0.39, 0.29) is 4.90 Å². The number of carboxylic acid groups (broad SMARTS) is 1. The summed E-state index contributed by atoms with van der Waals surface area (Å²) in [4.78, 5) is 16.1. The number of carbonyl (C=O) groups is 1. The number of aromatic nitrogens is 1. The summed E-state index contributed by atoms with van der Waals surface area (Å²) in [6.45, 7) is 3.32. The van der Waals surface area contributed by atoms with Gasteiger partial charge in [0.05, 0.1) is 9.92 Å². The normalized spacial score (nSPS) is 12.8. The third-order valence-electron chi connectivity index (χ3n) is 4.40. The molecule has 0 spiro atoms. The smallest absolute Gasteiger partial charge is 0.323 e. The topological polar surface area (TPSA) is 106 Å². The van der Waals surface area contributed by atoms with Gasteiger partial charge in [-0.3, -0.25) is 4.79 Å². The number of thioether (sulfide) groups is 1. The van der Waals surface area contributed by atoms with Crippen LogP contribution in [0.15, 0.2) is 82.8 Å². The number of aliphatic carboxylic acids is 1. The number of nitrogens with one attached hydrogen (secondary N) is 1. The first-order chi connectivity index (χ1) is 15.1. The molecule has 0 aliphatic heterocycles. The second-order valence-corrected chi connectivity index (χ2v) is 11.9. The minimum atomic E-state index is -4.10. The predicted molar refractivity (Wildman–Crippen MR) is 132 cm³/mol. The number of sulfonamides is 1. The second kappa shape index (κ2) is 10.2. The van der Waals surface area contributed by atoms with Crippen LogP contribution in [-0.4, -0.2) is 35.3 Å². The molecule has 3 rings (SSSR count). The summed E-state index contributed by atoms with van der Waals surface area (Å²) >= 11 is 3.37. The molecule has 0 bridgehead atoms. The lowest BCUT2D eigenvalue weighted by molar-refractivity contribution is -0.139. The molecule has 168 valence electrons. The Hall–Kier alpha value is -2.15. The van der Waals surface area contributed by atoms with Gasteiger partial charge in [0.2, 0.25) is 10.0 Å². The van der Waals surface area contributed by atoms with Crippen LogP contribution in [-0.2, 0) is 14.8 Å². The van der Waals surface area contributed by atoms with E-state index in [4.69, 9.17) is 4.74 Å². The molecule has 1 aromatic heterocycles. The first-order valence-corrected chi connectivity index (χ1v) is 12.8. The van der Waals surface area contributed by atoms with Crippen LogP contribution < -0.4 is 9.46 Å². The van der Waals surface area contributed by atoms with E-state index >= 15 is 0 Å². The average molecular weight is 584 g/mol. The van der Waals surface area contributed by atoms with Crippen molar-refractivity contribution in [1.29, 1.82) is 0 Å². The molecule has 0 aliphatic carbocycles. The van der Waals surface area contributed by atoms with Crippen LogP contribution in [0.2, 0.25) is 0 Å². The van der Waals surface area contributed by atoms with Crippen molar-refractivity contribution in [2.24, 2.45) is 0 Å². The first-order valence-electron chi connectivity index (χ1n) is 9.45. The monoisotopic (exact) mass is 584 g/mol. The molecule has 0 radical (unpaired) electrons. The fourth-order valence-corrected chi connectivity index (χ4v) is 5.62. The van der Waals surface area contributed by atoms with Crippen molar-refractivity contribution in [3.63, 3.8) is 0 Å². The SMILES string of the molecule is CC(C)(Sc1ccccn1)[C@H](NS(=O)(=O)c1ccc(Oc2ccc(I)cc2)cc1)C(=O)O. The van der Waals surface area contributed by atoms with Crippen molar-refractivity contribution in [2.45, 2.75) is 34.6 Å².